The molecule has 3 heteroatoms. The molecule has 1 aromatic rings. The van der Waals surface area contributed by atoms with Crippen molar-refractivity contribution in [2.75, 3.05) is 19.7 Å². The number of aliphatic hydroxyl groups excluding tert-OH is 1. The van der Waals surface area contributed by atoms with E-state index in [2.05, 4.69) is 4.90 Å². The van der Waals surface area contributed by atoms with E-state index in [-0.39, 0.29) is 0 Å². The van der Waals surface area contributed by atoms with Gasteiger partial charge in [0.25, 0.3) is 0 Å². The molecule has 0 radical (unpaired) electrons. The van der Waals surface area contributed by atoms with Crippen molar-refractivity contribution < 1.29 is 9.52 Å². The lowest BCUT2D eigenvalue weighted by Gasteiger charge is -2.30. The van der Waals surface area contributed by atoms with Gasteiger partial charge in [-0.1, -0.05) is 0 Å². The monoisotopic (exact) mass is 195 g/mol. The van der Waals surface area contributed by atoms with E-state index in [0.717, 1.165) is 38.2 Å². The Labute approximate surface area is 84.3 Å². The number of likely N-dealkylation sites (tertiary alicyclic amines) is 1. The quantitative estimate of drug-likeness (QED) is 0.793. The van der Waals surface area contributed by atoms with Gasteiger partial charge >= 0.3 is 0 Å². The fraction of sp³-hybridized carbons (Fsp3) is 0.636. The molecule has 2 heterocycles. The van der Waals surface area contributed by atoms with Gasteiger partial charge in [0.15, 0.2) is 0 Å². The first-order valence-electron chi connectivity index (χ1n) is 5.24. The Balaban J connectivity index is 1.79. The molecule has 0 spiro atoms. The van der Waals surface area contributed by atoms with E-state index in [4.69, 9.17) is 9.52 Å². The SMILES string of the molecule is OCC1CCN(Cc2ccco2)CC1. The number of piperidine rings is 1. The molecule has 3 nitrogen and oxygen atoms in total. The number of aliphatic hydroxyl groups is 1. The Morgan fingerprint density at radius 3 is 2.79 bits per heavy atom. The molecular weight excluding hydrogens is 178 g/mol. The molecule has 1 aliphatic rings. The van der Waals surface area contributed by atoms with Crippen molar-refractivity contribution in [3.05, 3.63) is 24.2 Å². The van der Waals surface area contributed by atoms with E-state index >= 15 is 0 Å². The van der Waals surface area contributed by atoms with Crippen molar-refractivity contribution in [2.45, 2.75) is 19.4 Å². The summed E-state index contributed by atoms with van der Waals surface area (Å²) in [5.41, 5.74) is 0. The molecule has 1 aromatic heterocycles. The number of hydrogen-bond acceptors (Lipinski definition) is 3. The maximum Gasteiger partial charge on any atom is 0.117 e. The minimum absolute atomic E-state index is 0.342. The molecule has 14 heavy (non-hydrogen) atoms. The zero-order chi connectivity index (χ0) is 9.80. The van der Waals surface area contributed by atoms with Gasteiger partial charge in [-0.25, -0.2) is 0 Å². The highest BCUT2D eigenvalue weighted by atomic mass is 16.3. The topological polar surface area (TPSA) is 36.6 Å². The summed E-state index contributed by atoms with van der Waals surface area (Å²) in [6, 6.07) is 3.94. The van der Waals surface area contributed by atoms with Gasteiger partial charge in [-0.3, -0.25) is 4.90 Å². The lowest BCUT2D eigenvalue weighted by Crippen LogP contribution is -2.34. The smallest absolute Gasteiger partial charge is 0.117 e. The summed E-state index contributed by atoms with van der Waals surface area (Å²) in [5.74, 6) is 1.55. The minimum atomic E-state index is 0.342. The third-order valence-corrected chi connectivity index (χ3v) is 2.92. The standard InChI is InChI=1S/C11H17NO2/c13-9-10-3-5-12(6-4-10)8-11-2-1-7-14-11/h1-2,7,10,13H,3-6,8-9H2. The van der Waals surface area contributed by atoms with E-state index in [1.54, 1.807) is 6.26 Å². The van der Waals surface area contributed by atoms with E-state index in [9.17, 15) is 0 Å². The Kier molecular flexibility index (Phi) is 3.22. The van der Waals surface area contributed by atoms with Crippen LogP contribution in [-0.4, -0.2) is 29.7 Å². The van der Waals surface area contributed by atoms with Crippen molar-refractivity contribution in [2.24, 2.45) is 5.92 Å². The summed E-state index contributed by atoms with van der Waals surface area (Å²) >= 11 is 0. The molecule has 0 aromatic carbocycles. The highest BCUT2D eigenvalue weighted by molar-refractivity contribution is 4.98. The first-order valence-corrected chi connectivity index (χ1v) is 5.24. The van der Waals surface area contributed by atoms with Crippen LogP contribution in [0.5, 0.6) is 0 Å². The minimum Gasteiger partial charge on any atom is -0.468 e. The van der Waals surface area contributed by atoms with Crippen LogP contribution in [0.1, 0.15) is 18.6 Å². The van der Waals surface area contributed by atoms with E-state index in [1.165, 1.54) is 0 Å². The van der Waals surface area contributed by atoms with Crippen LogP contribution in [-0.2, 0) is 6.54 Å². The average molecular weight is 195 g/mol. The second-order valence-corrected chi connectivity index (χ2v) is 3.98. The molecule has 78 valence electrons. The third kappa shape index (κ3) is 2.36. The number of rotatable bonds is 3. The molecule has 0 unspecified atom stereocenters. The van der Waals surface area contributed by atoms with Crippen LogP contribution < -0.4 is 0 Å². The zero-order valence-electron chi connectivity index (χ0n) is 8.35. The first-order chi connectivity index (χ1) is 6.88. The van der Waals surface area contributed by atoms with Crippen LogP contribution in [0.3, 0.4) is 0 Å². The molecule has 0 bridgehead atoms. The normalized spacial score (nSPS) is 20.1. The van der Waals surface area contributed by atoms with E-state index in [0.29, 0.717) is 12.5 Å². The van der Waals surface area contributed by atoms with Gasteiger partial charge < -0.3 is 9.52 Å². The largest absolute Gasteiger partial charge is 0.468 e. The van der Waals surface area contributed by atoms with Gasteiger partial charge in [-0.15, -0.1) is 0 Å². The average Bonchev–Trinajstić information content (AvgIpc) is 2.72. The van der Waals surface area contributed by atoms with E-state index < -0.39 is 0 Å². The van der Waals surface area contributed by atoms with Crippen LogP contribution in [0.25, 0.3) is 0 Å². The van der Waals surface area contributed by atoms with Gasteiger partial charge in [0.1, 0.15) is 5.76 Å². The molecule has 1 saturated heterocycles. The van der Waals surface area contributed by atoms with Gasteiger partial charge in [0.05, 0.1) is 12.8 Å². The molecule has 0 aliphatic carbocycles. The maximum atomic E-state index is 9.00. The van der Waals surface area contributed by atoms with Crippen molar-refractivity contribution in [3.8, 4) is 0 Å². The van der Waals surface area contributed by atoms with Crippen LogP contribution in [0, 0.1) is 5.92 Å². The molecular formula is C11H17NO2. The summed E-state index contributed by atoms with van der Waals surface area (Å²) in [5, 5.41) is 9.00. The van der Waals surface area contributed by atoms with Gasteiger partial charge in [0.2, 0.25) is 0 Å². The summed E-state index contributed by atoms with van der Waals surface area (Å²) < 4.78 is 5.30. The molecule has 1 fully saturated rings. The predicted octanol–water partition coefficient (Wildman–Crippen LogP) is 1.48. The molecule has 0 atom stereocenters. The van der Waals surface area contributed by atoms with Crippen molar-refractivity contribution in [1.29, 1.82) is 0 Å². The van der Waals surface area contributed by atoms with Crippen LogP contribution >= 0.6 is 0 Å². The lowest BCUT2D eigenvalue weighted by molar-refractivity contribution is 0.122. The molecule has 2 rings (SSSR count). The molecule has 0 saturated carbocycles. The highest BCUT2D eigenvalue weighted by Gasteiger charge is 2.18. The van der Waals surface area contributed by atoms with E-state index in [1.807, 2.05) is 12.1 Å². The van der Waals surface area contributed by atoms with Crippen molar-refractivity contribution in [3.63, 3.8) is 0 Å². The maximum absolute atomic E-state index is 9.00. The highest BCUT2D eigenvalue weighted by Crippen LogP contribution is 2.18. The predicted molar refractivity (Wildman–Crippen MR) is 53.8 cm³/mol. The van der Waals surface area contributed by atoms with Crippen LogP contribution in [0.2, 0.25) is 0 Å². The fourth-order valence-corrected chi connectivity index (χ4v) is 1.95. The molecule has 1 aliphatic heterocycles. The Hall–Kier alpha value is -0.800. The third-order valence-electron chi connectivity index (χ3n) is 2.92. The van der Waals surface area contributed by atoms with Crippen molar-refractivity contribution >= 4 is 0 Å². The van der Waals surface area contributed by atoms with Gasteiger partial charge in [0, 0.05) is 6.61 Å². The summed E-state index contributed by atoms with van der Waals surface area (Å²) in [7, 11) is 0. The first kappa shape index (κ1) is 9.74. The fourth-order valence-electron chi connectivity index (χ4n) is 1.95. The Morgan fingerprint density at radius 1 is 1.43 bits per heavy atom. The zero-order valence-corrected chi connectivity index (χ0v) is 8.35. The summed E-state index contributed by atoms with van der Waals surface area (Å²) in [4.78, 5) is 2.38. The van der Waals surface area contributed by atoms with Crippen LogP contribution in [0.4, 0.5) is 0 Å². The van der Waals surface area contributed by atoms with Gasteiger partial charge in [-0.2, -0.15) is 0 Å². The summed E-state index contributed by atoms with van der Waals surface area (Å²) in [6.07, 6.45) is 3.93. The number of nitrogens with zero attached hydrogens (tertiary/aromatic N) is 1. The number of furan rings is 1. The Bertz CT molecular complexity index is 250. The molecule has 0 amide bonds. The second-order valence-electron chi connectivity index (χ2n) is 3.98. The van der Waals surface area contributed by atoms with Gasteiger partial charge in [-0.05, 0) is 44.0 Å². The molecule has 1 N–H and O–H groups in total. The lowest BCUT2D eigenvalue weighted by atomic mass is 9.98. The second kappa shape index (κ2) is 4.62. The number of hydrogen-bond donors (Lipinski definition) is 1. The van der Waals surface area contributed by atoms with Crippen LogP contribution in [0.15, 0.2) is 22.8 Å². The summed E-state index contributed by atoms with van der Waals surface area (Å²) in [6.45, 7) is 3.40. The Morgan fingerprint density at radius 2 is 2.21 bits per heavy atom. The van der Waals surface area contributed by atoms with Crippen molar-refractivity contribution in [1.82, 2.24) is 4.90 Å².